The molecule has 1 heterocycles. The van der Waals surface area contributed by atoms with Crippen molar-refractivity contribution in [1.29, 1.82) is 0 Å². The van der Waals surface area contributed by atoms with E-state index in [1.807, 2.05) is 5.32 Å². The number of anilines is 1. The number of nitrogens with one attached hydrogen (secondary N) is 1. The first-order valence-electron chi connectivity index (χ1n) is 5.40. The van der Waals surface area contributed by atoms with Gasteiger partial charge in [0.15, 0.2) is 23.3 Å². The highest BCUT2D eigenvalue weighted by Gasteiger charge is 2.25. The second kappa shape index (κ2) is 5.43. The second-order valence-corrected chi connectivity index (χ2v) is 3.87. The number of carboxylic acid groups (broad SMARTS) is 1. The van der Waals surface area contributed by atoms with Gasteiger partial charge < -0.3 is 14.8 Å². The van der Waals surface area contributed by atoms with Gasteiger partial charge in [0.05, 0.1) is 6.54 Å². The normalized spacial score (nSPS) is 10.7. The fraction of sp³-hybridized carbons (Fsp3) is 0.0833. The van der Waals surface area contributed by atoms with Crippen LogP contribution in [-0.2, 0) is 6.54 Å². The number of carboxylic acids is 1. The van der Waals surface area contributed by atoms with Crippen molar-refractivity contribution in [2.75, 3.05) is 5.32 Å². The van der Waals surface area contributed by atoms with Gasteiger partial charge in [-0.2, -0.15) is 0 Å². The van der Waals surface area contributed by atoms with Crippen LogP contribution in [0.2, 0.25) is 0 Å². The molecule has 0 unspecified atom stereocenters. The number of halogens is 5. The molecular weight excluding hydrogens is 301 g/mol. The van der Waals surface area contributed by atoms with Crippen LogP contribution < -0.4 is 5.32 Å². The molecular formula is C12H6F5NO3. The van der Waals surface area contributed by atoms with E-state index in [2.05, 4.69) is 0 Å². The Balaban J connectivity index is 2.26. The first-order valence-corrected chi connectivity index (χ1v) is 5.40. The molecule has 1 aromatic heterocycles. The van der Waals surface area contributed by atoms with Crippen molar-refractivity contribution >= 4 is 11.7 Å². The minimum Gasteiger partial charge on any atom is -0.475 e. The summed E-state index contributed by atoms with van der Waals surface area (Å²) in [5, 5.41) is 10.6. The summed E-state index contributed by atoms with van der Waals surface area (Å²) >= 11 is 0. The van der Waals surface area contributed by atoms with E-state index < -0.39 is 53.0 Å². The van der Waals surface area contributed by atoms with Gasteiger partial charge in [-0.1, -0.05) is 0 Å². The van der Waals surface area contributed by atoms with Gasteiger partial charge in [0, 0.05) is 0 Å². The molecule has 0 aliphatic rings. The first-order chi connectivity index (χ1) is 9.82. The zero-order valence-electron chi connectivity index (χ0n) is 10.0. The van der Waals surface area contributed by atoms with Crippen molar-refractivity contribution in [2.45, 2.75) is 6.54 Å². The van der Waals surface area contributed by atoms with Gasteiger partial charge in [0.25, 0.3) is 0 Å². The molecule has 0 bridgehead atoms. The van der Waals surface area contributed by atoms with Gasteiger partial charge in [-0.3, -0.25) is 0 Å². The van der Waals surface area contributed by atoms with Crippen LogP contribution in [0.1, 0.15) is 16.3 Å². The maximum absolute atomic E-state index is 13.3. The molecule has 0 spiro atoms. The van der Waals surface area contributed by atoms with Gasteiger partial charge in [-0.25, -0.2) is 26.7 Å². The summed E-state index contributed by atoms with van der Waals surface area (Å²) in [6.45, 7) is -0.467. The average molecular weight is 307 g/mol. The third-order valence-corrected chi connectivity index (χ3v) is 2.52. The Morgan fingerprint density at radius 1 is 1.00 bits per heavy atom. The lowest BCUT2D eigenvalue weighted by molar-refractivity contribution is 0.0660. The predicted molar refractivity (Wildman–Crippen MR) is 59.2 cm³/mol. The number of carbonyl (C=O) groups is 1. The third-order valence-electron chi connectivity index (χ3n) is 2.52. The summed E-state index contributed by atoms with van der Waals surface area (Å²) in [5.74, 6) is -12.3. The number of furan rings is 1. The fourth-order valence-electron chi connectivity index (χ4n) is 1.52. The van der Waals surface area contributed by atoms with Crippen molar-refractivity contribution in [3.63, 3.8) is 0 Å². The molecule has 112 valence electrons. The minimum atomic E-state index is -2.26. The highest BCUT2D eigenvalue weighted by Crippen LogP contribution is 2.27. The number of rotatable bonds is 4. The summed E-state index contributed by atoms with van der Waals surface area (Å²) < 4.78 is 70.1. The maximum Gasteiger partial charge on any atom is 0.371 e. The molecule has 2 rings (SSSR count). The van der Waals surface area contributed by atoms with Crippen molar-refractivity contribution in [3.8, 4) is 0 Å². The van der Waals surface area contributed by atoms with Crippen LogP contribution in [0.5, 0.6) is 0 Å². The van der Waals surface area contributed by atoms with Crippen molar-refractivity contribution in [3.05, 3.63) is 52.7 Å². The SMILES string of the molecule is O=C(O)c1ccc(CNc2c(F)c(F)c(F)c(F)c2F)o1. The summed E-state index contributed by atoms with van der Waals surface area (Å²) in [6.07, 6.45) is 0. The summed E-state index contributed by atoms with van der Waals surface area (Å²) in [7, 11) is 0. The van der Waals surface area contributed by atoms with Crippen LogP contribution >= 0.6 is 0 Å². The highest BCUT2D eigenvalue weighted by molar-refractivity contribution is 5.84. The van der Waals surface area contributed by atoms with Gasteiger partial charge in [0.2, 0.25) is 11.6 Å². The Labute approximate surface area is 113 Å². The van der Waals surface area contributed by atoms with Crippen molar-refractivity contribution < 1.29 is 36.3 Å². The Bertz CT molecular complexity index is 684. The van der Waals surface area contributed by atoms with Crippen LogP contribution in [0.15, 0.2) is 16.5 Å². The van der Waals surface area contributed by atoms with Crippen molar-refractivity contribution in [2.24, 2.45) is 0 Å². The van der Waals surface area contributed by atoms with E-state index in [0.29, 0.717) is 0 Å². The zero-order chi connectivity index (χ0) is 15.7. The number of benzene rings is 1. The van der Waals surface area contributed by atoms with E-state index in [9.17, 15) is 26.7 Å². The monoisotopic (exact) mass is 307 g/mol. The molecule has 0 aliphatic carbocycles. The van der Waals surface area contributed by atoms with Crippen LogP contribution in [0, 0.1) is 29.1 Å². The molecule has 4 nitrogen and oxygen atoms in total. The predicted octanol–water partition coefficient (Wildman–Crippen LogP) is 3.29. The molecule has 0 amide bonds. The molecule has 0 saturated heterocycles. The molecule has 0 radical (unpaired) electrons. The van der Waals surface area contributed by atoms with E-state index >= 15 is 0 Å². The van der Waals surface area contributed by atoms with E-state index in [4.69, 9.17) is 9.52 Å². The molecule has 0 fully saturated rings. The minimum absolute atomic E-state index is 0.0589. The lowest BCUT2D eigenvalue weighted by atomic mass is 10.2. The topological polar surface area (TPSA) is 62.5 Å². The molecule has 0 atom stereocenters. The molecule has 2 aromatic rings. The Hall–Kier alpha value is -2.58. The quantitative estimate of drug-likeness (QED) is 0.517. The van der Waals surface area contributed by atoms with E-state index in [1.54, 1.807) is 0 Å². The van der Waals surface area contributed by atoms with Gasteiger partial charge in [-0.05, 0) is 12.1 Å². The number of hydrogen-bond acceptors (Lipinski definition) is 3. The average Bonchev–Trinajstić information content (AvgIpc) is 2.92. The van der Waals surface area contributed by atoms with Gasteiger partial charge in [-0.15, -0.1) is 0 Å². The van der Waals surface area contributed by atoms with Crippen LogP contribution in [-0.4, -0.2) is 11.1 Å². The lowest BCUT2D eigenvalue weighted by Crippen LogP contribution is -2.09. The standard InChI is InChI=1S/C12H6F5NO3/c13-6-7(14)9(16)11(10(17)8(6)15)18-3-4-1-2-5(21-4)12(19)20/h1-2,18H,3H2,(H,19,20). The zero-order valence-corrected chi connectivity index (χ0v) is 10.0. The van der Waals surface area contributed by atoms with Crippen LogP contribution in [0.3, 0.4) is 0 Å². The molecule has 1 aromatic carbocycles. The van der Waals surface area contributed by atoms with Crippen LogP contribution in [0.4, 0.5) is 27.6 Å². The lowest BCUT2D eigenvalue weighted by Gasteiger charge is -2.09. The van der Waals surface area contributed by atoms with E-state index in [1.165, 1.54) is 6.07 Å². The molecule has 21 heavy (non-hydrogen) atoms. The molecule has 2 N–H and O–H groups in total. The second-order valence-electron chi connectivity index (χ2n) is 3.87. The Morgan fingerprint density at radius 3 is 2.00 bits per heavy atom. The van der Waals surface area contributed by atoms with E-state index in [0.717, 1.165) is 6.07 Å². The smallest absolute Gasteiger partial charge is 0.371 e. The fourth-order valence-corrected chi connectivity index (χ4v) is 1.52. The van der Waals surface area contributed by atoms with Crippen molar-refractivity contribution in [1.82, 2.24) is 0 Å². The summed E-state index contributed by atoms with van der Waals surface area (Å²) in [4.78, 5) is 10.5. The van der Waals surface area contributed by atoms with Gasteiger partial charge in [0.1, 0.15) is 11.4 Å². The number of aromatic carboxylic acids is 1. The largest absolute Gasteiger partial charge is 0.475 e. The Morgan fingerprint density at radius 2 is 1.52 bits per heavy atom. The van der Waals surface area contributed by atoms with Crippen LogP contribution in [0.25, 0.3) is 0 Å². The first kappa shape index (κ1) is 14.8. The summed E-state index contributed by atoms with van der Waals surface area (Å²) in [5.41, 5.74) is -1.22. The van der Waals surface area contributed by atoms with Gasteiger partial charge >= 0.3 is 5.97 Å². The van der Waals surface area contributed by atoms with E-state index in [-0.39, 0.29) is 5.76 Å². The molecule has 0 aliphatic heterocycles. The molecule has 9 heteroatoms. The third kappa shape index (κ3) is 2.67. The summed E-state index contributed by atoms with van der Waals surface area (Å²) in [6, 6.07) is 2.26. The Kier molecular flexibility index (Phi) is 3.83. The highest BCUT2D eigenvalue weighted by atomic mass is 19.2. The maximum atomic E-state index is 13.3. The molecule has 0 saturated carbocycles. The number of hydrogen-bond donors (Lipinski definition) is 2.